The lowest BCUT2D eigenvalue weighted by Gasteiger charge is -2.45. The molecule has 182 valence electrons. The van der Waals surface area contributed by atoms with Crippen molar-refractivity contribution in [3.63, 3.8) is 0 Å². The van der Waals surface area contributed by atoms with Crippen molar-refractivity contribution >= 4 is 0 Å². The van der Waals surface area contributed by atoms with Crippen molar-refractivity contribution in [3.05, 3.63) is 94.9 Å². The van der Waals surface area contributed by atoms with E-state index in [1.54, 1.807) is 6.08 Å². The number of aliphatic hydroxyl groups excluding tert-OH is 1. The zero-order valence-corrected chi connectivity index (χ0v) is 19.2. The molecule has 6 atom stereocenters. The second-order valence-corrected chi connectivity index (χ2v) is 7.82. The van der Waals surface area contributed by atoms with E-state index in [9.17, 15) is 10.6 Å². The lowest BCUT2D eigenvalue weighted by molar-refractivity contribution is -0.291. The van der Waals surface area contributed by atoms with Crippen LogP contribution in [0.15, 0.2) is 78.4 Å². The minimum atomic E-state index is -1.05. The zero-order valence-electron chi connectivity index (χ0n) is 19.2. The fourth-order valence-electron chi connectivity index (χ4n) is 3.82. The van der Waals surface area contributed by atoms with Crippen LogP contribution in [0.4, 0.5) is 0 Å². The molecule has 0 saturated carbocycles. The van der Waals surface area contributed by atoms with E-state index >= 15 is 0 Å². The molecular weight excluding hydrogens is 438 g/mol. The van der Waals surface area contributed by atoms with E-state index in [1.165, 1.54) is 7.11 Å². The lowest BCUT2D eigenvalue weighted by Crippen LogP contribution is -2.62. The summed E-state index contributed by atoms with van der Waals surface area (Å²) in [7, 11) is 1.45. The van der Waals surface area contributed by atoms with Crippen molar-refractivity contribution in [2.45, 2.75) is 50.0 Å². The van der Waals surface area contributed by atoms with Crippen molar-refractivity contribution in [2.75, 3.05) is 20.3 Å². The van der Waals surface area contributed by atoms with Gasteiger partial charge in [-0.1, -0.05) is 71.9 Å². The van der Waals surface area contributed by atoms with E-state index < -0.39 is 36.7 Å². The summed E-state index contributed by atoms with van der Waals surface area (Å²) in [4.78, 5) is 2.98. The predicted octanol–water partition coefficient (Wildman–Crippen LogP) is 3.77. The molecule has 0 spiro atoms. The Bertz CT molecular complexity index is 909. The predicted molar refractivity (Wildman–Crippen MR) is 126 cm³/mol. The number of hydrogen-bond donors (Lipinski definition) is 1. The number of nitrogens with zero attached hydrogens (tertiary/aromatic N) is 3. The van der Waals surface area contributed by atoms with Crippen molar-refractivity contribution in [1.29, 1.82) is 0 Å². The molecule has 34 heavy (non-hydrogen) atoms. The summed E-state index contributed by atoms with van der Waals surface area (Å²) in [5.74, 6) is 0. The quantitative estimate of drug-likeness (QED) is 0.157. The van der Waals surface area contributed by atoms with Gasteiger partial charge in [0, 0.05) is 12.0 Å². The Labute approximate surface area is 199 Å². The highest BCUT2D eigenvalue weighted by Crippen LogP contribution is 2.32. The molecule has 0 radical (unpaired) electrons. The van der Waals surface area contributed by atoms with E-state index in [-0.39, 0.29) is 26.4 Å². The van der Waals surface area contributed by atoms with Crippen molar-refractivity contribution < 1.29 is 28.8 Å². The molecule has 0 amide bonds. The maximum Gasteiger partial charge on any atom is 0.168 e. The molecule has 0 aliphatic carbocycles. The van der Waals surface area contributed by atoms with Gasteiger partial charge in [-0.15, -0.1) is 6.58 Å². The largest absolute Gasteiger partial charge is 0.388 e. The van der Waals surface area contributed by atoms with Crippen LogP contribution in [0, 0.1) is 0 Å². The standard InChI is InChI=1S/C25H31N3O6/c1-3-14-31-17-20(29)22-24(33-16-19-12-8-5-9-13-19)23(21(27-28-26)25(30-2)34-22)32-15-18-10-6-4-7-11-18/h3-13,20-25,29H,1,14-17H2,2H3/t20-,21+,22+,23+,24+,25-/m0/s1. The minimum absolute atomic E-state index is 0.00406. The molecule has 1 heterocycles. The summed E-state index contributed by atoms with van der Waals surface area (Å²) in [6.07, 6.45) is -2.77. The highest BCUT2D eigenvalue weighted by atomic mass is 16.7. The van der Waals surface area contributed by atoms with Crippen molar-refractivity contribution in [2.24, 2.45) is 5.11 Å². The Kier molecular flexibility index (Phi) is 10.5. The molecule has 0 aromatic heterocycles. The van der Waals surface area contributed by atoms with Crippen LogP contribution in [0.3, 0.4) is 0 Å². The Morgan fingerprint density at radius 1 is 1.06 bits per heavy atom. The zero-order chi connectivity index (χ0) is 24.2. The summed E-state index contributed by atoms with van der Waals surface area (Å²) in [6.45, 7) is 4.39. The molecule has 9 nitrogen and oxygen atoms in total. The monoisotopic (exact) mass is 469 g/mol. The SMILES string of the molecule is C=CCOC[C@H](O)[C@H]1O[C@H](OC)[C@H](N=[N+]=[N-])[C@@H](OCc2ccccc2)[C@@H]1OCc1ccccc1. The van der Waals surface area contributed by atoms with Gasteiger partial charge in [0.2, 0.25) is 0 Å². The van der Waals surface area contributed by atoms with Crippen LogP contribution in [0.2, 0.25) is 0 Å². The number of ether oxygens (including phenoxy) is 5. The molecule has 1 fully saturated rings. The van der Waals surface area contributed by atoms with Gasteiger partial charge in [0.15, 0.2) is 6.29 Å². The molecule has 2 aromatic rings. The molecule has 1 saturated heterocycles. The summed E-state index contributed by atoms with van der Waals surface area (Å²) in [6, 6.07) is 18.4. The van der Waals surface area contributed by atoms with Gasteiger partial charge in [-0.25, -0.2) is 0 Å². The molecule has 0 unspecified atom stereocenters. The molecule has 1 N–H and O–H groups in total. The molecular formula is C25H31N3O6. The topological polar surface area (TPSA) is 115 Å². The van der Waals surface area contributed by atoms with Gasteiger partial charge in [-0.3, -0.25) is 0 Å². The van der Waals surface area contributed by atoms with Gasteiger partial charge in [-0.05, 0) is 16.7 Å². The first-order valence-electron chi connectivity index (χ1n) is 11.1. The van der Waals surface area contributed by atoms with Crippen LogP contribution in [0.5, 0.6) is 0 Å². The second-order valence-electron chi connectivity index (χ2n) is 7.82. The summed E-state index contributed by atoms with van der Waals surface area (Å²) in [5, 5.41) is 14.8. The Morgan fingerprint density at radius 2 is 1.65 bits per heavy atom. The second kappa shape index (κ2) is 13.8. The van der Waals surface area contributed by atoms with Crippen LogP contribution in [-0.4, -0.2) is 62.2 Å². The Hall–Kier alpha value is -2.75. The number of hydrogen-bond acceptors (Lipinski definition) is 7. The molecule has 1 aliphatic heterocycles. The smallest absolute Gasteiger partial charge is 0.168 e. The number of azide groups is 1. The summed E-state index contributed by atoms with van der Waals surface area (Å²) < 4.78 is 29.5. The third kappa shape index (κ3) is 7.12. The van der Waals surface area contributed by atoms with Crippen LogP contribution in [-0.2, 0) is 36.9 Å². The number of aliphatic hydroxyl groups is 1. The average molecular weight is 470 g/mol. The van der Waals surface area contributed by atoms with Gasteiger partial charge in [-0.2, -0.15) is 0 Å². The van der Waals surface area contributed by atoms with Gasteiger partial charge in [0.25, 0.3) is 0 Å². The number of rotatable bonds is 13. The molecule has 2 aromatic carbocycles. The normalized spacial score (nSPS) is 25.3. The maximum absolute atomic E-state index is 10.9. The van der Waals surface area contributed by atoms with E-state index in [2.05, 4.69) is 16.6 Å². The van der Waals surface area contributed by atoms with Crippen molar-refractivity contribution in [1.82, 2.24) is 0 Å². The Balaban J connectivity index is 1.88. The lowest BCUT2D eigenvalue weighted by atomic mass is 9.93. The molecule has 9 heteroatoms. The molecule has 3 rings (SSSR count). The first kappa shape index (κ1) is 25.9. The van der Waals surface area contributed by atoms with Gasteiger partial charge < -0.3 is 28.8 Å². The van der Waals surface area contributed by atoms with Crippen LogP contribution in [0.25, 0.3) is 10.4 Å². The summed E-state index contributed by atoms with van der Waals surface area (Å²) >= 11 is 0. The van der Waals surface area contributed by atoms with E-state index in [4.69, 9.17) is 23.7 Å². The average Bonchev–Trinajstić information content (AvgIpc) is 2.88. The first-order valence-corrected chi connectivity index (χ1v) is 11.1. The van der Waals surface area contributed by atoms with Crippen LogP contribution >= 0.6 is 0 Å². The van der Waals surface area contributed by atoms with E-state index in [1.807, 2.05) is 60.7 Å². The van der Waals surface area contributed by atoms with Crippen molar-refractivity contribution in [3.8, 4) is 0 Å². The molecule has 0 bridgehead atoms. The van der Waals surface area contributed by atoms with Gasteiger partial charge >= 0.3 is 0 Å². The number of methoxy groups -OCH3 is 1. The minimum Gasteiger partial charge on any atom is -0.388 e. The van der Waals surface area contributed by atoms with E-state index in [0.29, 0.717) is 0 Å². The third-order valence-corrected chi connectivity index (χ3v) is 5.45. The van der Waals surface area contributed by atoms with Gasteiger partial charge in [0.1, 0.15) is 30.5 Å². The fourth-order valence-corrected chi connectivity index (χ4v) is 3.82. The summed E-state index contributed by atoms with van der Waals surface area (Å²) in [5.41, 5.74) is 11.1. The maximum atomic E-state index is 10.9. The van der Waals surface area contributed by atoms with Crippen LogP contribution < -0.4 is 0 Å². The van der Waals surface area contributed by atoms with E-state index in [0.717, 1.165) is 11.1 Å². The first-order chi connectivity index (χ1) is 16.7. The molecule has 1 aliphatic rings. The van der Waals surface area contributed by atoms with Gasteiger partial charge in [0.05, 0.1) is 26.4 Å². The number of benzene rings is 2. The third-order valence-electron chi connectivity index (χ3n) is 5.45. The van der Waals surface area contributed by atoms with Crippen LogP contribution in [0.1, 0.15) is 11.1 Å². The Morgan fingerprint density at radius 3 is 2.18 bits per heavy atom. The highest BCUT2D eigenvalue weighted by molar-refractivity contribution is 5.15. The highest BCUT2D eigenvalue weighted by Gasteiger charge is 2.50. The fraction of sp³-hybridized carbons (Fsp3) is 0.440.